The number of nitrogens with one attached hydrogen (secondary N) is 1. The van der Waals surface area contributed by atoms with Crippen molar-refractivity contribution in [2.24, 2.45) is 0 Å². The largest absolute Gasteiger partial charge is 0.339 e. The number of halogens is 1. The molecule has 0 atom stereocenters. The Morgan fingerprint density at radius 2 is 1.96 bits per heavy atom. The summed E-state index contributed by atoms with van der Waals surface area (Å²) in [5, 5.41) is 6.87. The average Bonchev–Trinajstić information content (AvgIpc) is 3.08. The van der Waals surface area contributed by atoms with E-state index < -0.39 is 15.9 Å². The van der Waals surface area contributed by atoms with Crippen molar-refractivity contribution in [3.05, 3.63) is 59.4 Å². The lowest BCUT2D eigenvalue weighted by Gasteiger charge is -2.17. The van der Waals surface area contributed by atoms with Crippen LogP contribution in [-0.4, -0.2) is 42.4 Å². The molecule has 0 aliphatic heterocycles. The van der Waals surface area contributed by atoms with Crippen molar-refractivity contribution >= 4 is 33.2 Å². The third-order valence-electron chi connectivity index (χ3n) is 3.80. The van der Waals surface area contributed by atoms with Gasteiger partial charge in [0.05, 0.1) is 11.4 Å². The number of hydrogen-bond acceptors (Lipinski definition) is 6. The second-order valence-corrected chi connectivity index (χ2v) is 8.47. The number of amides is 1. The molecule has 0 radical (unpaired) electrons. The first-order valence-electron chi connectivity index (χ1n) is 8.18. The molecule has 1 heterocycles. The van der Waals surface area contributed by atoms with Crippen LogP contribution in [0, 0.1) is 6.92 Å². The Morgan fingerprint density at radius 3 is 2.64 bits per heavy atom. The number of likely N-dealkylation sites (N-methyl/N-ethyl adjacent to an activating group) is 1. The van der Waals surface area contributed by atoms with Crippen LogP contribution >= 0.6 is 11.6 Å². The molecule has 1 aromatic heterocycles. The maximum absolute atomic E-state index is 12.8. The molecule has 0 aliphatic rings. The lowest BCUT2D eigenvalue weighted by atomic mass is 10.2. The molecule has 3 aromatic rings. The first kappa shape index (κ1) is 20.0. The molecule has 2 aromatic carbocycles. The molecule has 0 saturated carbocycles. The number of benzene rings is 2. The summed E-state index contributed by atoms with van der Waals surface area (Å²) in [7, 11) is -2.57. The topological polar surface area (TPSA) is 105 Å². The Kier molecular flexibility index (Phi) is 5.78. The Hall–Kier alpha value is -2.75. The first-order valence-corrected chi connectivity index (χ1v) is 10.00. The third kappa shape index (κ3) is 4.56. The van der Waals surface area contributed by atoms with Gasteiger partial charge in [0.25, 0.3) is 0 Å². The molecule has 0 spiro atoms. The van der Waals surface area contributed by atoms with Gasteiger partial charge in [0.1, 0.15) is 0 Å². The van der Waals surface area contributed by atoms with Crippen LogP contribution in [0.5, 0.6) is 0 Å². The monoisotopic (exact) mass is 420 g/mol. The summed E-state index contributed by atoms with van der Waals surface area (Å²) in [5.74, 6) is 0.173. The Balaban J connectivity index is 1.75. The second-order valence-electron chi connectivity index (χ2n) is 5.98. The normalized spacial score (nSPS) is 11.6. The zero-order chi connectivity index (χ0) is 20.3. The fourth-order valence-electron chi connectivity index (χ4n) is 2.45. The molecular weight excluding hydrogens is 404 g/mol. The van der Waals surface area contributed by atoms with Gasteiger partial charge in [-0.1, -0.05) is 35.0 Å². The van der Waals surface area contributed by atoms with Crippen LogP contribution in [0.3, 0.4) is 0 Å². The van der Waals surface area contributed by atoms with E-state index in [-0.39, 0.29) is 17.3 Å². The Bertz CT molecular complexity index is 1110. The van der Waals surface area contributed by atoms with Gasteiger partial charge in [0.2, 0.25) is 27.6 Å². The van der Waals surface area contributed by atoms with Gasteiger partial charge >= 0.3 is 0 Å². The van der Waals surface area contributed by atoms with Crippen molar-refractivity contribution in [3.8, 4) is 11.4 Å². The van der Waals surface area contributed by atoms with Gasteiger partial charge < -0.3 is 9.84 Å². The van der Waals surface area contributed by atoms with E-state index in [1.807, 2.05) is 0 Å². The summed E-state index contributed by atoms with van der Waals surface area (Å²) in [5.41, 5.74) is 0.979. The summed E-state index contributed by atoms with van der Waals surface area (Å²) < 4.78 is 31.5. The van der Waals surface area contributed by atoms with Crippen molar-refractivity contribution < 1.29 is 17.7 Å². The van der Waals surface area contributed by atoms with Crippen molar-refractivity contribution in [3.63, 3.8) is 0 Å². The van der Waals surface area contributed by atoms with Gasteiger partial charge in [-0.25, -0.2) is 8.42 Å². The van der Waals surface area contributed by atoms with E-state index in [0.717, 1.165) is 4.31 Å². The number of hydrogen-bond donors (Lipinski definition) is 1. The van der Waals surface area contributed by atoms with Gasteiger partial charge in [-0.05, 0) is 30.3 Å². The van der Waals surface area contributed by atoms with E-state index in [1.54, 1.807) is 43.3 Å². The van der Waals surface area contributed by atoms with E-state index >= 15 is 0 Å². The maximum atomic E-state index is 12.8. The van der Waals surface area contributed by atoms with Crippen molar-refractivity contribution in [2.75, 3.05) is 18.9 Å². The first-order chi connectivity index (χ1) is 13.3. The summed E-state index contributed by atoms with van der Waals surface area (Å²) in [6, 6.07) is 12.7. The van der Waals surface area contributed by atoms with E-state index in [4.69, 9.17) is 16.1 Å². The quantitative estimate of drug-likeness (QED) is 0.657. The number of anilines is 1. The summed E-state index contributed by atoms with van der Waals surface area (Å²) >= 11 is 5.88. The lowest BCUT2D eigenvalue weighted by molar-refractivity contribution is -0.116. The molecule has 8 nitrogen and oxygen atoms in total. The predicted molar refractivity (Wildman–Crippen MR) is 104 cm³/mol. The lowest BCUT2D eigenvalue weighted by Crippen LogP contribution is -2.35. The maximum Gasteiger partial charge on any atom is 0.243 e. The molecule has 3 rings (SSSR count). The molecular formula is C18H17ClN4O4S. The average molecular weight is 421 g/mol. The number of rotatable bonds is 6. The van der Waals surface area contributed by atoms with Crippen molar-refractivity contribution in [1.29, 1.82) is 0 Å². The fourth-order valence-corrected chi connectivity index (χ4v) is 3.81. The van der Waals surface area contributed by atoms with Crippen LogP contribution in [0.2, 0.25) is 5.02 Å². The highest BCUT2D eigenvalue weighted by Gasteiger charge is 2.24. The number of aryl methyl sites for hydroxylation is 1. The number of aromatic nitrogens is 2. The number of nitrogens with zero attached hydrogens (tertiary/aromatic N) is 3. The van der Waals surface area contributed by atoms with Crippen LogP contribution < -0.4 is 5.32 Å². The van der Waals surface area contributed by atoms with Gasteiger partial charge in [-0.15, -0.1) is 0 Å². The van der Waals surface area contributed by atoms with Gasteiger partial charge in [0.15, 0.2) is 0 Å². The fraction of sp³-hybridized carbons (Fsp3) is 0.167. The van der Waals surface area contributed by atoms with Crippen LogP contribution in [0.1, 0.15) is 5.89 Å². The number of carbonyl (C=O) groups excluding carboxylic acids is 1. The minimum absolute atomic E-state index is 0.0190. The predicted octanol–water partition coefficient (Wildman–Crippen LogP) is 2.96. The van der Waals surface area contributed by atoms with Gasteiger partial charge in [-0.3, -0.25) is 4.79 Å². The summed E-state index contributed by atoms with van der Waals surface area (Å²) in [6.45, 7) is 1.28. The molecule has 0 bridgehead atoms. The highest BCUT2D eigenvalue weighted by atomic mass is 35.5. The standard InChI is InChI=1S/C18H17ClN4O4S/c1-12-20-18(22-27-12)13-5-3-8-16(9-13)28(25,26)23(2)11-17(24)21-15-7-4-6-14(19)10-15/h3-10H,11H2,1-2H3,(H,21,24). The molecule has 0 fully saturated rings. The smallest absolute Gasteiger partial charge is 0.243 e. The second kappa shape index (κ2) is 8.09. The minimum atomic E-state index is -3.90. The summed E-state index contributed by atoms with van der Waals surface area (Å²) in [4.78, 5) is 16.3. The molecule has 10 heteroatoms. The number of carbonyl (C=O) groups is 1. The minimum Gasteiger partial charge on any atom is -0.339 e. The van der Waals surface area contributed by atoms with E-state index in [0.29, 0.717) is 22.2 Å². The van der Waals surface area contributed by atoms with Crippen LogP contribution in [0.25, 0.3) is 11.4 Å². The van der Waals surface area contributed by atoms with E-state index in [1.165, 1.54) is 19.2 Å². The van der Waals surface area contributed by atoms with Crippen molar-refractivity contribution in [1.82, 2.24) is 14.4 Å². The van der Waals surface area contributed by atoms with E-state index in [2.05, 4.69) is 15.5 Å². The van der Waals surface area contributed by atoms with Gasteiger partial charge in [0, 0.05) is 30.2 Å². The SMILES string of the molecule is Cc1nc(-c2cccc(S(=O)(=O)N(C)CC(=O)Nc3cccc(Cl)c3)c2)no1. The molecule has 28 heavy (non-hydrogen) atoms. The summed E-state index contributed by atoms with van der Waals surface area (Å²) in [6.07, 6.45) is 0. The van der Waals surface area contributed by atoms with Crippen LogP contribution in [0.15, 0.2) is 57.9 Å². The van der Waals surface area contributed by atoms with E-state index in [9.17, 15) is 13.2 Å². The van der Waals surface area contributed by atoms with Crippen molar-refractivity contribution in [2.45, 2.75) is 11.8 Å². The third-order valence-corrected chi connectivity index (χ3v) is 5.84. The Labute approximate surface area is 167 Å². The highest BCUT2D eigenvalue weighted by molar-refractivity contribution is 7.89. The molecule has 1 N–H and O–H groups in total. The molecule has 1 amide bonds. The molecule has 146 valence electrons. The van der Waals surface area contributed by atoms with Crippen LogP contribution in [-0.2, 0) is 14.8 Å². The zero-order valence-electron chi connectivity index (χ0n) is 15.1. The number of sulfonamides is 1. The molecule has 0 aliphatic carbocycles. The molecule has 0 saturated heterocycles. The zero-order valence-corrected chi connectivity index (χ0v) is 16.7. The Morgan fingerprint density at radius 1 is 1.21 bits per heavy atom. The molecule has 0 unspecified atom stereocenters. The highest BCUT2D eigenvalue weighted by Crippen LogP contribution is 2.22. The van der Waals surface area contributed by atoms with Crippen LogP contribution in [0.4, 0.5) is 5.69 Å². The van der Waals surface area contributed by atoms with Gasteiger partial charge in [-0.2, -0.15) is 9.29 Å².